The first kappa shape index (κ1) is 24.7. The molecule has 0 radical (unpaired) electrons. The normalized spacial score (nSPS) is 23.1. The molecule has 1 atom stereocenters. The molecule has 2 aliphatic heterocycles. The fourth-order valence-electron chi connectivity index (χ4n) is 4.36. The molecule has 1 aromatic rings. The van der Waals surface area contributed by atoms with Gasteiger partial charge in [0.15, 0.2) is 0 Å². The van der Waals surface area contributed by atoms with Crippen LogP contribution in [0.1, 0.15) is 44.6 Å². The van der Waals surface area contributed by atoms with Crippen molar-refractivity contribution in [1.82, 2.24) is 14.7 Å². The quantitative estimate of drug-likeness (QED) is 0.496. The summed E-state index contributed by atoms with van der Waals surface area (Å²) in [4.78, 5) is 30.9. The molecular weight excluding hydrogens is 433 g/mol. The molecule has 2 saturated heterocycles. The lowest BCUT2D eigenvalue weighted by molar-refractivity contribution is -0.130. The third kappa shape index (κ3) is 7.29. The molecule has 3 rings (SSSR count). The van der Waals surface area contributed by atoms with Crippen molar-refractivity contribution in [3.05, 3.63) is 40.7 Å². The van der Waals surface area contributed by atoms with Crippen LogP contribution in [-0.4, -0.2) is 83.0 Å². The highest BCUT2D eigenvalue weighted by Crippen LogP contribution is 2.20. The lowest BCUT2D eigenvalue weighted by Gasteiger charge is -2.36. The highest BCUT2D eigenvalue weighted by atomic mass is 35.5. The molecule has 2 amide bonds. The van der Waals surface area contributed by atoms with Crippen LogP contribution in [0.25, 0.3) is 6.08 Å². The third-order valence-electron chi connectivity index (χ3n) is 6.17. The Morgan fingerprint density at radius 3 is 2.75 bits per heavy atom. The van der Waals surface area contributed by atoms with Gasteiger partial charge in [-0.25, -0.2) is 4.39 Å². The fraction of sp³-hybridized carbons (Fsp3) is 0.583. The standard InChI is InChI=1S/C24H33ClFN3O3/c1-24(32)10-4-12-27(18-24)11-2-3-13-28-15-16-29(14-9-23(28)31)22(30)8-6-19-5-7-21(26)20(25)17-19/h5-8,17,32H,2-4,9-16,18H2,1H3. The van der Waals surface area contributed by atoms with Crippen molar-refractivity contribution in [1.29, 1.82) is 0 Å². The van der Waals surface area contributed by atoms with E-state index < -0.39 is 11.4 Å². The summed E-state index contributed by atoms with van der Waals surface area (Å²) in [6, 6.07) is 4.30. The predicted molar refractivity (Wildman–Crippen MR) is 124 cm³/mol. The van der Waals surface area contributed by atoms with Gasteiger partial charge in [0.1, 0.15) is 5.82 Å². The van der Waals surface area contributed by atoms with Crippen LogP contribution in [-0.2, 0) is 9.59 Å². The zero-order valence-electron chi connectivity index (χ0n) is 18.7. The van der Waals surface area contributed by atoms with Crippen LogP contribution in [0.15, 0.2) is 24.3 Å². The van der Waals surface area contributed by atoms with Gasteiger partial charge in [0, 0.05) is 45.2 Å². The van der Waals surface area contributed by atoms with E-state index in [-0.39, 0.29) is 16.8 Å². The van der Waals surface area contributed by atoms with Gasteiger partial charge in [0.05, 0.1) is 10.6 Å². The maximum Gasteiger partial charge on any atom is 0.246 e. The van der Waals surface area contributed by atoms with Crippen LogP contribution in [0.4, 0.5) is 4.39 Å². The molecule has 0 bridgehead atoms. The van der Waals surface area contributed by atoms with E-state index in [1.807, 2.05) is 11.8 Å². The molecule has 2 heterocycles. The molecule has 32 heavy (non-hydrogen) atoms. The average molecular weight is 466 g/mol. The first-order valence-electron chi connectivity index (χ1n) is 11.4. The number of hydrogen-bond acceptors (Lipinski definition) is 4. The summed E-state index contributed by atoms with van der Waals surface area (Å²) < 4.78 is 13.3. The van der Waals surface area contributed by atoms with Gasteiger partial charge in [-0.1, -0.05) is 17.7 Å². The Labute approximate surface area is 194 Å². The van der Waals surface area contributed by atoms with Gasteiger partial charge >= 0.3 is 0 Å². The predicted octanol–water partition coefficient (Wildman–Crippen LogP) is 3.18. The Balaban J connectivity index is 1.42. The SMILES string of the molecule is CC1(O)CCCN(CCCCN2CCN(C(=O)C=Cc3ccc(F)c(Cl)c3)CCC2=O)C1. The fourth-order valence-corrected chi connectivity index (χ4v) is 4.55. The summed E-state index contributed by atoms with van der Waals surface area (Å²) in [6.45, 7) is 6.67. The van der Waals surface area contributed by atoms with Gasteiger partial charge < -0.3 is 19.8 Å². The van der Waals surface area contributed by atoms with Crippen LogP contribution in [0.3, 0.4) is 0 Å². The van der Waals surface area contributed by atoms with Gasteiger partial charge in [-0.3, -0.25) is 9.59 Å². The minimum absolute atomic E-state index is 0.0151. The molecule has 6 nitrogen and oxygen atoms in total. The van der Waals surface area contributed by atoms with E-state index in [4.69, 9.17) is 11.6 Å². The van der Waals surface area contributed by atoms with E-state index in [1.165, 1.54) is 18.2 Å². The summed E-state index contributed by atoms with van der Waals surface area (Å²) >= 11 is 5.78. The number of β-amino-alcohol motifs (C(OH)–C–C–N with tert-alkyl or cyclic N) is 1. The molecule has 1 unspecified atom stereocenters. The van der Waals surface area contributed by atoms with Gasteiger partial charge in [-0.15, -0.1) is 0 Å². The smallest absolute Gasteiger partial charge is 0.246 e. The number of likely N-dealkylation sites (tertiary alicyclic amines) is 1. The summed E-state index contributed by atoms with van der Waals surface area (Å²) in [5.41, 5.74) is 0.0550. The van der Waals surface area contributed by atoms with Crippen molar-refractivity contribution >= 4 is 29.5 Å². The maximum absolute atomic E-state index is 13.3. The van der Waals surface area contributed by atoms with Crippen LogP contribution in [0.2, 0.25) is 5.02 Å². The molecule has 2 fully saturated rings. The third-order valence-corrected chi connectivity index (χ3v) is 6.46. The molecule has 1 N–H and O–H groups in total. The number of amides is 2. The summed E-state index contributed by atoms with van der Waals surface area (Å²) in [7, 11) is 0. The van der Waals surface area contributed by atoms with Gasteiger partial charge in [0.25, 0.3) is 0 Å². The number of carbonyl (C=O) groups excluding carboxylic acids is 2. The second kappa shape index (κ2) is 11.3. The molecule has 8 heteroatoms. The van der Waals surface area contributed by atoms with Crippen molar-refractivity contribution in [2.45, 2.75) is 44.6 Å². The Bertz CT molecular complexity index is 846. The van der Waals surface area contributed by atoms with Crippen molar-refractivity contribution in [3.63, 3.8) is 0 Å². The van der Waals surface area contributed by atoms with Crippen LogP contribution < -0.4 is 0 Å². The minimum Gasteiger partial charge on any atom is -0.389 e. The van der Waals surface area contributed by atoms with E-state index in [2.05, 4.69) is 4.90 Å². The molecule has 2 aliphatic rings. The van der Waals surface area contributed by atoms with Gasteiger partial charge in [0.2, 0.25) is 11.8 Å². The van der Waals surface area contributed by atoms with Crippen molar-refractivity contribution in [2.75, 3.05) is 45.8 Å². The Hall–Kier alpha value is -1.96. The maximum atomic E-state index is 13.3. The van der Waals surface area contributed by atoms with E-state index in [0.717, 1.165) is 38.8 Å². The zero-order valence-corrected chi connectivity index (χ0v) is 19.5. The highest BCUT2D eigenvalue weighted by Gasteiger charge is 2.28. The minimum atomic E-state index is -0.591. The van der Waals surface area contributed by atoms with Crippen molar-refractivity contribution in [3.8, 4) is 0 Å². The molecule has 0 aliphatic carbocycles. The molecule has 176 valence electrons. The molecule has 1 aromatic carbocycles. The average Bonchev–Trinajstić information content (AvgIpc) is 2.93. The van der Waals surface area contributed by atoms with Crippen LogP contribution >= 0.6 is 11.6 Å². The number of benzene rings is 1. The van der Waals surface area contributed by atoms with Gasteiger partial charge in [-0.2, -0.15) is 0 Å². The first-order valence-corrected chi connectivity index (χ1v) is 11.8. The largest absolute Gasteiger partial charge is 0.389 e. The van der Waals surface area contributed by atoms with Crippen molar-refractivity contribution in [2.24, 2.45) is 0 Å². The summed E-state index contributed by atoms with van der Waals surface area (Å²) in [6.07, 6.45) is 7.12. The monoisotopic (exact) mass is 465 g/mol. The topological polar surface area (TPSA) is 64.1 Å². The summed E-state index contributed by atoms with van der Waals surface area (Å²) in [5, 5.41) is 10.2. The molecule has 0 spiro atoms. The number of carbonyl (C=O) groups is 2. The lowest BCUT2D eigenvalue weighted by atomic mass is 9.95. The van der Waals surface area contributed by atoms with Gasteiger partial charge in [-0.05, 0) is 69.5 Å². The van der Waals surface area contributed by atoms with E-state index in [1.54, 1.807) is 17.0 Å². The lowest BCUT2D eigenvalue weighted by Crippen LogP contribution is -2.46. The highest BCUT2D eigenvalue weighted by molar-refractivity contribution is 6.30. The number of unbranched alkanes of at least 4 members (excludes halogenated alkanes) is 1. The Morgan fingerprint density at radius 1 is 1.22 bits per heavy atom. The first-order chi connectivity index (χ1) is 15.2. The number of halogens is 2. The van der Waals surface area contributed by atoms with E-state index >= 15 is 0 Å². The van der Waals surface area contributed by atoms with Crippen molar-refractivity contribution < 1.29 is 19.1 Å². The van der Waals surface area contributed by atoms with Crippen LogP contribution in [0.5, 0.6) is 0 Å². The second-order valence-electron chi connectivity index (χ2n) is 9.05. The Morgan fingerprint density at radius 2 is 2.00 bits per heavy atom. The molecule has 0 aromatic heterocycles. The number of piperidine rings is 1. The number of nitrogens with zero attached hydrogens (tertiary/aromatic N) is 3. The Kier molecular flexibility index (Phi) is 8.68. The van der Waals surface area contributed by atoms with Crippen LogP contribution in [0, 0.1) is 5.82 Å². The zero-order chi connectivity index (χ0) is 23.1. The van der Waals surface area contributed by atoms with E-state index in [9.17, 15) is 19.1 Å². The second-order valence-corrected chi connectivity index (χ2v) is 9.45. The number of aliphatic hydroxyl groups is 1. The number of rotatable bonds is 7. The number of hydrogen-bond donors (Lipinski definition) is 1. The molecular formula is C24H33ClFN3O3. The summed E-state index contributed by atoms with van der Waals surface area (Å²) in [5.74, 6) is -0.586. The molecule has 0 saturated carbocycles. The van der Waals surface area contributed by atoms with E-state index in [0.29, 0.717) is 44.7 Å².